The third-order valence-electron chi connectivity index (χ3n) is 5.35. The van der Waals surface area contributed by atoms with Crippen molar-refractivity contribution < 1.29 is 18.8 Å². The number of carbonyl (C=O) groups excluding carboxylic acids is 1. The number of halogens is 1. The molecule has 0 unspecified atom stereocenters. The molecule has 3 aromatic rings. The lowest BCUT2D eigenvalue weighted by molar-refractivity contribution is -0.384. The molecule has 1 N–H and O–H groups in total. The van der Waals surface area contributed by atoms with E-state index in [1.54, 1.807) is 6.92 Å². The Morgan fingerprint density at radius 3 is 2.77 bits per heavy atom. The molecule has 0 spiro atoms. The number of carbonyl (C=O) groups is 1. The highest BCUT2D eigenvalue weighted by atomic mass is 19.1. The van der Waals surface area contributed by atoms with E-state index in [4.69, 9.17) is 4.74 Å². The van der Waals surface area contributed by atoms with Crippen molar-refractivity contribution in [3.8, 4) is 11.5 Å². The lowest BCUT2D eigenvalue weighted by Gasteiger charge is -2.28. The van der Waals surface area contributed by atoms with Crippen molar-refractivity contribution in [2.24, 2.45) is 5.92 Å². The second kappa shape index (κ2) is 8.62. The molecular weight excluding hydrogens is 407 g/mol. The molecule has 0 amide bonds. The van der Waals surface area contributed by atoms with Gasteiger partial charge in [-0.1, -0.05) is 0 Å². The molecule has 162 valence electrons. The average Bonchev–Trinajstić information content (AvgIpc) is 3.17. The minimum atomic E-state index is -0.551. The topological polar surface area (TPSA) is 125 Å². The van der Waals surface area contributed by atoms with Gasteiger partial charge in [-0.05, 0) is 44.7 Å². The van der Waals surface area contributed by atoms with Crippen molar-refractivity contribution in [3.05, 3.63) is 46.7 Å². The lowest BCUT2D eigenvalue weighted by Crippen LogP contribution is -2.30. The second-order valence-electron chi connectivity index (χ2n) is 7.35. The Morgan fingerprint density at radius 1 is 1.29 bits per heavy atom. The van der Waals surface area contributed by atoms with E-state index >= 15 is 0 Å². The Hall–Kier alpha value is -3.63. The Labute approximate surface area is 176 Å². The minimum absolute atomic E-state index is 0.0771. The fourth-order valence-electron chi connectivity index (χ4n) is 3.79. The van der Waals surface area contributed by atoms with Crippen molar-refractivity contribution in [1.29, 1.82) is 0 Å². The molecule has 0 aromatic carbocycles. The van der Waals surface area contributed by atoms with Gasteiger partial charge in [-0.25, -0.2) is 19.3 Å². The quantitative estimate of drug-likeness (QED) is 0.360. The third-order valence-corrected chi connectivity index (χ3v) is 5.35. The van der Waals surface area contributed by atoms with E-state index in [1.807, 2.05) is 0 Å². The molecule has 0 atom stereocenters. The van der Waals surface area contributed by atoms with Crippen LogP contribution in [0, 0.1) is 21.8 Å². The monoisotopic (exact) mass is 428 g/mol. The van der Waals surface area contributed by atoms with E-state index in [0.717, 1.165) is 6.20 Å². The fourth-order valence-corrected chi connectivity index (χ4v) is 3.79. The number of fused-ring (bicyclic) bond motifs is 1. The van der Waals surface area contributed by atoms with Crippen molar-refractivity contribution in [2.45, 2.75) is 38.6 Å². The van der Waals surface area contributed by atoms with Gasteiger partial charge in [0.25, 0.3) is 0 Å². The van der Waals surface area contributed by atoms with Gasteiger partial charge in [-0.15, -0.1) is 0 Å². The van der Waals surface area contributed by atoms with Gasteiger partial charge in [-0.2, -0.15) is 0 Å². The molecule has 0 bridgehead atoms. The average molecular weight is 428 g/mol. The normalized spacial score (nSPS) is 18.6. The van der Waals surface area contributed by atoms with Gasteiger partial charge in [0.15, 0.2) is 5.82 Å². The highest BCUT2D eigenvalue weighted by molar-refractivity contribution is 5.72. The summed E-state index contributed by atoms with van der Waals surface area (Å²) in [6.07, 6.45) is 6.45. The second-order valence-corrected chi connectivity index (χ2v) is 7.35. The zero-order valence-corrected chi connectivity index (χ0v) is 16.8. The number of esters is 1. The van der Waals surface area contributed by atoms with Crippen LogP contribution in [0.15, 0.2) is 30.7 Å². The number of anilines is 1. The van der Waals surface area contributed by atoms with Crippen LogP contribution in [0.25, 0.3) is 17.2 Å². The maximum Gasteiger partial charge on any atom is 0.329 e. The zero-order valence-electron chi connectivity index (χ0n) is 16.8. The van der Waals surface area contributed by atoms with Crippen molar-refractivity contribution in [2.75, 3.05) is 11.9 Å². The summed E-state index contributed by atoms with van der Waals surface area (Å²) in [5, 5.41) is 14.6. The Kier molecular flexibility index (Phi) is 5.74. The summed E-state index contributed by atoms with van der Waals surface area (Å²) in [7, 11) is 0. The van der Waals surface area contributed by atoms with E-state index in [0.29, 0.717) is 43.6 Å². The Balaban J connectivity index is 1.58. The molecule has 4 rings (SSSR count). The van der Waals surface area contributed by atoms with Crippen molar-refractivity contribution in [1.82, 2.24) is 19.4 Å². The fraction of sp³-hybridized carbons (Fsp3) is 0.400. The summed E-state index contributed by atoms with van der Waals surface area (Å²) >= 11 is 0. The molecule has 1 fully saturated rings. The van der Waals surface area contributed by atoms with Gasteiger partial charge in [0.1, 0.15) is 23.4 Å². The summed E-state index contributed by atoms with van der Waals surface area (Å²) in [6.45, 7) is 2.12. The molecule has 0 saturated heterocycles. The molecular formula is C20H21FN6O4. The van der Waals surface area contributed by atoms with E-state index in [1.165, 1.54) is 28.9 Å². The first-order chi connectivity index (χ1) is 15.0. The molecule has 1 aliphatic carbocycles. The maximum atomic E-state index is 13.7. The smallest absolute Gasteiger partial charge is 0.329 e. The number of hydrogen-bond donors (Lipinski definition) is 1. The summed E-state index contributed by atoms with van der Waals surface area (Å²) < 4.78 is 20.3. The van der Waals surface area contributed by atoms with Crippen LogP contribution < -0.4 is 5.32 Å². The standard InChI is InChI=1S/C20H21FN6O4/c1-2-31-20(28)12-3-6-14(7-4-12)24-19-16(27(29)30)10-23-18(25-19)15-9-22-17-8-5-13(21)11-26(15)17/h5,8-12,14H,2-4,6-7H2,1H3,(H,23,24,25)/t12-,14+. The summed E-state index contributed by atoms with van der Waals surface area (Å²) in [4.78, 5) is 35.5. The predicted octanol–water partition coefficient (Wildman–Crippen LogP) is 3.37. The molecule has 10 nitrogen and oxygen atoms in total. The van der Waals surface area contributed by atoms with Crippen LogP contribution in [-0.4, -0.2) is 42.9 Å². The van der Waals surface area contributed by atoms with Crippen LogP contribution in [0.3, 0.4) is 0 Å². The molecule has 1 aliphatic rings. The molecule has 11 heteroatoms. The number of aromatic nitrogens is 4. The number of imidazole rings is 1. The van der Waals surface area contributed by atoms with Crippen LogP contribution in [0.4, 0.5) is 15.9 Å². The molecule has 3 aromatic heterocycles. The largest absolute Gasteiger partial charge is 0.466 e. The summed E-state index contributed by atoms with van der Waals surface area (Å²) in [5.41, 5.74) is 0.667. The first kappa shape index (κ1) is 20.6. The number of nitrogens with zero attached hydrogens (tertiary/aromatic N) is 5. The highest BCUT2D eigenvalue weighted by Crippen LogP contribution is 2.31. The Bertz CT molecular complexity index is 1130. The van der Waals surface area contributed by atoms with Crippen molar-refractivity contribution in [3.63, 3.8) is 0 Å². The molecule has 0 radical (unpaired) electrons. The van der Waals surface area contributed by atoms with Gasteiger partial charge in [0.2, 0.25) is 5.82 Å². The summed E-state index contributed by atoms with van der Waals surface area (Å²) in [5.74, 6) is -0.532. The van der Waals surface area contributed by atoms with Crippen LogP contribution in [0.5, 0.6) is 0 Å². The van der Waals surface area contributed by atoms with E-state index < -0.39 is 10.7 Å². The number of ether oxygens (including phenoxy) is 1. The van der Waals surface area contributed by atoms with E-state index in [9.17, 15) is 19.3 Å². The number of pyridine rings is 1. The number of rotatable bonds is 6. The van der Waals surface area contributed by atoms with Crippen LogP contribution >= 0.6 is 0 Å². The first-order valence-electron chi connectivity index (χ1n) is 10.0. The van der Waals surface area contributed by atoms with Gasteiger partial charge in [0, 0.05) is 12.2 Å². The van der Waals surface area contributed by atoms with E-state index in [-0.39, 0.29) is 35.3 Å². The van der Waals surface area contributed by atoms with Crippen LogP contribution in [-0.2, 0) is 9.53 Å². The molecule has 0 aliphatic heterocycles. The SMILES string of the molecule is CCOC(=O)[C@H]1CC[C@@H](Nc2nc(-c3cnc4ccc(F)cn34)ncc2[N+](=O)[O-])CC1. The van der Waals surface area contributed by atoms with Gasteiger partial charge >= 0.3 is 11.7 Å². The van der Waals surface area contributed by atoms with Crippen LogP contribution in [0.1, 0.15) is 32.6 Å². The lowest BCUT2D eigenvalue weighted by atomic mass is 9.86. The first-order valence-corrected chi connectivity index (χ1v) is 10.0. The van der Waals surface area contributed by atoms with Gasteiger partial charge in [0.05, 0.1) is 23.6 Å². The van der Waals surface area contributed by atoms with Crippen molar-refractivity contribution >= 4 is 23.1 Å². The number of nitrogens with one attached hydrogen (secondary N) is 1. The highest BCUT2D eigenvalue weighted by Gasteiger charge is 2.29. The van der Waals surface area contributed by atoms with E-state index in [2.05, 4.69) is 20.3 Å². The Morgan fingerprint density at radius 2 is 2.06 bits per heavy atom. The summed E-state index contributed by atoms with van der Waals surface area (Å²) in [6, 6.07) is 2.74. The molecule has 31 heavy (non-hydrogen) atoms. The van der Waals surface area contributed by atoms with Gasteiger partial charge in [-0.3, -0.25) is 19.3 Å². The minimum Gasteiger partial charge on any atom is -0.466 e. The predicted molar refractivity (Wildman–Crippen MR) is 109 cm³/mol. The molecule has 3 heterocycles. The molecule has 1 saturated carbocycles. The number of nitro groups is 1. The maximum absolute atomic E-state index is 13.7. The third kappa shape index (κ3) is 4.30. The number of hydrogen-bond acceptors (Lipinski definition) is 8. The zero-order chi connectivity index (χ0) is 22.0. The van der Waals surface area contributed by atoms with Crippen LogP contribution in [0.2, 0.25) is 0 Å². The van der Waals surface area contributed by atoms with Gasteiger partial charge < -0.3 is 10.1 Å².